The van der Waals surface area contributed by atoms with Gasteiger partial charge in [-0.2, -0.15) is 0 Å². The van der Waals surface area contributed by atoms with Gasteiger partial charge in [-0.25, -0.2) is 4.98 Å². The number of nitrogens with zero attached hydrogens (tertiary/aromatic N) is 1. The molecule has 5 nitrogen and oxygen atoms in total. The molecule has 0 bridgehead atoms. The van der Waals surface area contributed by atoms with E-state index in [0.717, 1.165) is 21.9 Å². The summed E-state index contributed by atoms with van der Waals surface area (Å²) >= 11 is 18.0. The number of nitrogens with one attached hydrogen (secondary N) is 2. The van der Waals surface area contributed by atoms with Crippen molar-refractivity contribution < 1.29 is 9.21 Å². The number of anilines is 1. The maximum Gasteiger partial charge on any atom is 0.258 e. The lowest BCUT2D eigenvalue weighted by atomic mass is 10.0. The Bertz CT molecular complexity index is 1510. The van der Waals surface area contributed by atoms with E-state index in [1.165, 1.54) is 0 Å². The van der Waals surface area contributed by atoms with Gasteiger partial charge in [-0.15, -0.1) is 0 Å². The van der Waals surface area contributed by atoms with E-state index in [1.807, 2.05) is 36.4 Å². The van der Waals surface area contributed by atoms with E-state index in [2.05, 4.69) is 15.6 Å². The van der Waals surface area contributed by atoms with Gasteiger partial charge in [0.2, 0.25) is 5.89 Å². The molecule has 2 N–H and O–H groups in total. The molecule has 5 aromatic rings. The first kappa shape index (κ1) is 21.4. The molecule has 0 saturated heterocycles. The molecule has 0 fully saturated rings. The zero-order chi connectivity index (χ0) is 22.9. The highest BCUT2D eigenvalue weighted by Crippen LogP contribution is 2.30. The van der Waals surface area contributed by atoms with Crippen molar-refractivity contribution in [2.45, 2.75) is 0 Å². The number of para-hydroxylation sites is 2. The van der Waals surface area contributed by atoms with Crippen LogP contribution >= 0.6 is 35.4 Å². The zero-order valence-corrected chi connectivity index (χ0v) is 19.3. The summed E-state index contributed by atoms with van der Waals surface area (Å²) in [5.41, 5.74) is 3.15. The minimum atomic E-state index is -0.355. The number of hydrogen-bond acceptors (Lipinski definition) is 4. The standard InChI is InChI=1S/C25H15Cl2N3O2S/c26-18-8-4-5-15-16(18)6-3-7-17(15)23(31)30-25(33)29-21-13-14(11-12-19(21)27)24-28-20-9-1-2-10-22(20)32-24/h1-13H,(H2,29,30,31,33). The monoisotopic (exact) mass is 491 g/mol. The molecular formula is C25H15Cl2N3O2S. The van der Waals surface area contributed by atoms with Gasteiger partial charge in [0.15, 0.2) is 10.7 Å². The third kappa shape index (κ3) is 4.28. The summed E-state index contributed by atoms with van der Waals surface area (Å²) < 4.78 is 5.83. The number of carbonyl (C=O) groups is 1. The highest BCUT2D eigenvalue weighted by Gasteiger charge is 2.15. The summed E-state index contributed by atoms with van der Waals surface area (Å²) in [5.74, 6) is 0.102. The molecule has 162 valence electrons. The van der Waals surface area contributed by atoms with Crippen molar-refractivity contribution >= 4 is 74.0 Å². The second-order valence-corrected chi connectivity index (χ2v) is 8.45. The number of thiocarbonyl (C=S) groups is 1. The van der Waals surface area contributed by atoms with E-state index in [-0.39, 0.29) is 11.0 Å². The van der Waals surface area contributed by atoms with Crippen LogP contribution in [0, 0.1) is 0 Å². The molecule has 33 heavy (non-hydrogen) atoms. The van der Waals surface area contributed by atoms with Gasteiger partial charge in [0.05, 0.1) is 10.7 Å². The molecule has 0 saturated carbocycles. The molecule has 1 heterocycles. The predicted octanol–water partition coefficient (Wildman–Crippen LogP) is 7.08. The Morgan fingerprint density at radius 3 is 2.52 bits per heavy atom. The van der Waals surface area contributed by atoms with Crippen LogP contribution in [0.5, 0.6) is 0 Å². The van der Waals surface area contributed by atoms with Crippen molar-refractivity contribution in [1.29, 1.82) is 0 Å². The quantitative estimate of drug-likeness (QED) is 0.264. The zero-order valence-electron chi connectivity index (χ0n) is 16.9. The second-order valence-electron chi connectivity index (χ2n) is 7.23. The van der Waals surface area contributed by atoms with Crippen LogP contribution in [0.3, 0.4) is 0 Å². The fraction of sp³-hybridized carbons (Fsp3) is 0. The third-order valence-electron chi connectivity index (χ3n) is 5.10. The number of hydrogen-bond donors (Lipinski definition) is 2. The lowest BCUT2D eigenvalue weighted by molar-refractivity contribution is 0.0979. The largest absolute Gasteiger partial charge is 0.436 e. The summed E-state index contributed by atoms with van der Waals surface area (Å²) in [5, 5.41) is 8.34. The molecule has 0 aliphatic carbocycles. The summed E-state index contributed by atoms with van der Waals surface area (Å²) in [6.45, 7) is 0. The Morgan fingerprint density at radius 1 is 0.879 bits per heavy atom. The highest BCUT2D eigenvalue weighted by atomic mass is 35.5. The molecule has 0 aliphatic heterocycles. The van der Waals surface area contributed by atoms with Crippen molar-refractivity contribution in [2.75, 3.05) is 5.32 Å². The average Bonchev–Trinajstić information content (AvgIpc) is 3.25. The van der Waals surface area contributed by atoms with Gasteiger partial charge in [-0.05, 0) is 60.1 Å². The van der Waals surface area contributed by atoms with E-state index in [9.17, 15) is 4.79 Å². The van der Waals surface area contributed by atoms with Crippen LogP contribution in [-0.4, -0.2) is 16.0 Å². The molecule has 0 unspecified atom stereocenters. The summed E-state index contributed by atoms with van der Waals surface area (Å²) in [4.78, 5) is 17.4. The Labute approximate surface area is 204 Å². The van der Waals surface area contributed by atoms with Gasteiger partial charge in [-0.1, -0.05) is 59.6 Å². The maximum absolute atomic E-state index is 12.9. The van der Waals surface area contributed by atoms with Crippen molar-refractivity contribution in [2.24, 2.45) is 0 Å². The minimum absolute atomic E-state index is 0.107. The number of aromatic nitrogens is 1. The SMILES string of the molecule is O=C(NC(=S)Nc1cc(-c2nc3ccccc3o2)ccc1Cl)c1cccc2c(Cl)cccc12. The maximum atomic E-state index is 12.9. The van der Waals surface area contributed by atoms with E-state index in [0.29, 0.717) is 32.8 Å². The molecule has 0 aliphatic rings. The fourth-order valence-electron chi connectivity index (χ4n) is 3.54. The predicted molar refractivity (Wildman–Crippen MR) is 137 cm³/mol. The molecule has 4 aromatic carbocycles. The van der Waals surface area contributed by atoms with Crippen molar-refractivity contribution in [1.82, 2.24) is 10.3 Å². The summed E-state index contributed by atoms with van der Waals surface area (Å²) in [6.07, 6.45) is 0. The van der Waals surface area contributed by atoms with E-state index >= 15 is 0 Å². The smallest absolute Gasteiger partial charge is 0.258 e. The van der Waals surface area contributed by atoms with Crippen molar-refractivity contribution in [3.8, 4) is 11.5 Å². The lowest BCUT2D eigenvalue weighted by Crippen LogP contribution is -2.34. The normalized spacial score (nSPS) is 11.0. The molecule has 5 rings (SSSR count). The number of halogens is 2. The van der Waals surface area contributed by atoms with E-state index in [4.69, 9.17) is 39.8 Å². The second kappa shape index (κ2) is 8.83. The van der Waals surface area contributed by atoms with Gasteiger partial charge < -0.3 is 9.73 Å². The Kier molecular flexibility index (Phi) is 5.72. The molecule has 1 amide bonds. The van der Waals surface area contributed by atoms with E-state index < -0.39 is 0 Å². The fourth-order valence-corrected chi connectivity index (χ4v) is 4.15. The van der Waals surface area contributed by atoms with Crippen LogP contribution in [0.2, 0.25) is 10.0 Å². The minimum Gasteiger partial charge on any atom is -0.436 e. The number of fused-ring (bicyclic) bond motifs is 2. The summed E-state index contributed by atoms with van der Waals surface area (Å²) in [7, 11) is 0. The first-order valence-electron chi connectivity index (χ1n) is 9.95. The molecule has 8 heteroatoms. The number of rotatable bonds is 3. The first-order chi connectivity index (χ1) is 16.0. The molecule has 1 aromatic heterocycles. The molecular weight excluding hydrogens is 477 g/mol. The Balaban J connectivity index is 1.37. The Hall–Kier alpha value is -3.45. The van der Waals surface area contributed by atoms with Crippen LogP contribution in [0.1, 0.15) is 10.4 Å². The van der Waals surface area contributed by atoms with Crippen LogP contribution in [0.15, 0.2) is 83.3 Å². The van der Waals surface area contributed by atoms with Gasteiger partial charge >= 0.3 is 0 Å². The van der Waals surface area contributed by atoms with Gasteiger partial charge in [0.25, 0.3) is 5.91 Å². The Morgan fingerprint density at radius 2 is 1.67 bits per heavy atom. The molecule has 0 spiro atoms. The number of benzene rings is 4. The van der Waals surface area contributed by atoms with Gasteiger partial charge in [0, 0.05) is 21.5 Å². The number of carbonyl (C=O) groups excluding carboxylic acids is 1. The average molecular weight is 492 g/mol. The van der Waals surface area contributed by atoms with Crippen LogP contribution in [0.25, 0.3) is 33.3 Å². The van der Waals surface area contributed by atoms with Crippen molar-refractivity contribution in [3.05, 3.63) is 94.5 Å². The number of amides is 1. The first-order valence-corrected chi connectivity index (χ1v) is 11.1. The number of oxazole rings is 1. The van der Waals surface area contributed by atoms with E-state index in [1.54, 1.807) is 42.5 Å². The van der Waals surface area contributed by atoms with Gasteiger partial charge in [0.1, 0.15) is 5.52 Å². The topological polar surface area (TPSA) is 67.2 Å². The van der Waals surface area contributed by atoms with Crippen LogP contribution < -0.4 is 10.6 Å². The lowest BCUT2D eigenvalue weighted by Gasteiger charge is -2.13. The summed E-state index contributed by atoms with van der Waals surface area (Å²) in [6, 6.07) is 23.6. The molecule has 0 radical (unpaired) electrons. The van der Waals surface area contributed by atoms with Crippen LogP contribution in [0.4, 0.5) is 5.69 Å². The van der Waals surface area contributed by atoms with Crippen molar-refractivity contribution in [3.63, 3.8) is 0 Å². The third-order valence-corrected chi connectivity index (χ3v) is 5.96. The molecule has 0 atom stereocenters. The van der Waals surface area contributed by atoms with Crippen LogP contribution in [-0.2, 0) is 0 Å². The van der Waals surface area contributed by atoms with Gasteiger partial charge in [-0.3, -0.25) is 10.1 Å². The highest BCUT2D eigenvalue weighted by molar-refractivity contribution is 7.80.